The van der Waals surface area contributed by atoms with Crippen molar-refractivity contribution in [2.45, 2.75) is 6.92 Å². The molecule has 3 rings (SSSR count). The van der Waals surface area contributed by atoms with E-state index in [-0.39, 0.29) is 50.8 Å². The molecule has 49 heavy (non-hydrogen) atoms. The van der Waals surface area contributed by atoms with Gasteiger partial charge in [-0.25, -0.2) is 25.0 Å². The first-order valence-electron chi connectivity index (χ1n) is 14.1. The summed E-state index contributed by atoms with van der Waals surface area (Å²) in [4.78, 5) is 19.9. The van der Waals surface area contributed by atoms with Crippen molar-refractivity contribution in [3.05, 3.63) is 176 Å². The summed E-state index contributed by atoms with van der Waals surface area (Å²) in [5, 5.41) is 49.3. The number of aliphatic hydroxyl groups is 1. The van der Waals surface area contributed by atoms with Crippen LogP contribution in [0.25, 0.3) is 20.8 Å². The second-order valence-electron chi connectivity index (χ2n) is 9.81. The highest BCUT2D eigenvalue weighted by Gasteiger charge is 2.24. The van der Waals surface area contributed by atoms with Crippen molar-refractivity contribution in [3.63, 3.8) is 0 Å². The van der Waals surface area contributed by atoms with E-state index in [2.05, 4.69) is 9.69 Å². The summed E-state index contributed by atoms with van der Waals surface area (Å²) in [5.74, 6) is -0.795. The maximum Gasteiger partial charge on any atom is 0.337 e. The zero-order valence-electron chi connectivity index (χ0n) is 26.5. The number of methoxy groups -OCH3 is 1. The molecular weight excluding hydrogens is 618 g/mol. The van der Waals surface area contributed by atoms with Gasteiger partial charge >= 0.3 is 11.9 Å². The van der Waals surface area contributed by atoms with Gasteiger partial charge in [0, 0.05) is 18.2 Å². The standard InChI is InChI=1S/C38H25N7O4/c1-25-13-15-26(16-14-25)35(31(23-41)43-2)29(21-39)9-6-7-12-34-45(4)33(38(47)49-34)11-8-10-30(22-40)36(32(24-42)44-3)27-17-19-28(20-18-27)37(46)48-5/h6-20,47H,1,4-5H3/b7-6+,11-8+,29-9+,30-10+,34-12?,35-31+,36-32-. The van der Waals surface area contributed by atoms with E-state index >= 15 is 0 Å². The third-order valence-electron chi connectivity index (χ3n) is 6.87. The molecule has 0 saturated carbocycles. The normalized spacial score (nSPS) is 14.9. The zero-order valence-corrected chi connectivity index (χ0v) is 26.5. The monoisotopic (exact) mass is 643 g/mol. The quantitative estimate of drug-likeness (QED) is 0.127. The van der Waals surface area contributed by atoms with Crippen molar-refractivity contribution in [2.24, 2.45) is 0 Å². The molecular formula is C38H25N7O4. The van der Waals surface area contributed by atoms with Crippen LogP contribution < -0.4 is 0 Å². The maximum atomic E-state index is 11.8. The first-order chi connectivity index (χ1) is 23.7. The van der Waals surface area contributed by atoms with Gasteiger partial charge in [-0.05, 0) is 54.5 Å². The van der Waals surface area contributed by atoms with Crippen molar-refractivity contribution in [2.75, 3.05) is 14.2 Å². The van der Waals surface area contributed by atoms with Crippen LogP contribution in [0.3, 0.4) is 0 Å². The zero-order chi connectivity index (χ0) is 35.9. The van der Waals surface area contributed by atoms with E-state index in [0.29, 0.717) is 11.1 Å². The van der Waals surface area contributed by atoms with Gasteiger partial charge in [-0.1, -0.05) is 60.2 Å². The van der Waals surface area contributed by atoms with Crippen LogP contribution in [-0.2, 0) is 9.47 Å². The van der Waals surface area contributed by atoms with Gasteiger partial charge in [0.2, 0.25) is 5.88 Å². The van der Waals surface area contributed by atoms with E-state index in [4.69, 9.17) is 22.6 Å². The predicted octanol–water partition coefficient (Wildman–Crippen LogP) is 7.33. The molecule has 0 atom stereocenters. The molecule has 0 fully saturated rings. The number of likely N-dealkylation sites (N-methyl/N-ethyl adjacent to an activating group) is 1. The Morgan fingerprint density at radius 1 is 0.816 bits per heavy atom. The Morgan fingerprint density at radius 3 is 1.78 bits per heavy atom. The Morgan fingerprint density at radius 2 is 1.31 bits per heavy atom. The van der Waals surface area contributed by atoms with Crippen molar-refractivity contribution >= 4 is 17.1 Å². The third-order valence-corrected chi connectivity index (χ3v) is 6.87. The Balaban J connectivity index is 1.89. The highest BCUT2D eigenvalue weighted by Crippen LogP contribution is 2.30. The molecule has 236 valence electrons. The Hall–Kier alpha value is -7.83. The van der Waals surface area contributed by atoms with E-state index in [1.807, 2.05) is 37.3 Å². The number of nitriles is 4. The summed E-state index contributed by atoms with van der Waals surface area (Å²) in [6, 6.07) is 20.7. The number of hydrogen-bond acceptors (Lipinski definition) is 9. The molecule has 0 saturated heterocycles. The lowest BCUT2D eigenvalue weighted by atomic mass is 9.95. The van der Waals surface area contributed by atoms with Crippen LogP contribution in [0, 0.1) is 65.4 Å². The van der Waals surface area contributed by atoms with Gasteiger partial charge in [-0.3, -0.25) is 0 Å². The fourth-order valence-corrected chi connectivity index (χ4v) is 4.41. The SMILES string of the molecule is [C-]#[N+]\C(C#N)=C(/C(C#N)=C/C=C/C1=C(O)OC(=C/C=C/C=C(C#N)/C(=C(\C#N)[N+]#[C-])c2ccc(C)cc2)N1C)c1ccc(C(=O)OC)cc1. The topological polar surface area (TPSA) is 163 Å². The Bertz CT molecular complexity index is 2140. The van der Waals surface area contributed by atoms with E-state index in [9.17, 15) is 30.9 Å². The van der Waals surface area contributed by atoms with Crippen molar-refractivity contribution in [1.29, 1.82) is 21.0 Å². The smallest absolute Gasteiger partial charge is 0.337 e. The molecule has 0 aromatic heterocycles. The molecule has 0 amide bonds. The molecule has 0 aliphatic carbocycles. The summed E-state index contributed by atoms with van der Waals surface area (Å²) < 4.78 is 10.2. The van der Waals surface area contributed by atoms with Crippen LogP contribution in [0.4, 0.5) is 0 Å². The van der Waals surface area contributed by atoms with Gasteiger partial charge in [-0.15, -0.1) is 0 Å². The van der Waals surface area contributed by atoms with Crippen LogP contribution in [0.2, 0.25) is 0 Å². The molecule has 0 bridgehead atoms. The average molecular weight is 644 g/mol. The fraction of sp³-hybridized carbons (Fsp3) is 0.0789. The molecule has 0 unspecified atom stereocenters. The third kappa shape index (κ3) is 8.46. The number of nitrogens with zero attached hydrogens (tertiary/aromatic N) is 7. The van der Waals surface area contributed by atoms with E-state index < -0.39 is 11.9 Å². The number of hydrogen-bond donors (Lipinski definition) is 1. The average Bonchev–Trinajstić information content (AvgIpc) is 3.39. The molecule has 11 heteroatoms. The number of rotatable bonds is 9. The number of carbonyl (C=O) groups is 1. The fourth-order valence-electron chi connectivity index (χ4n) is 4.41. The first-order valence-corrected chi connectivity index (χ1v) is 14.1. The van der Waals surface area contributed by atoms with Gasteiger partial charge < -0.3 is 19.5 Å². The lowest BCUT2D eigenvalue weighted by Gasteiger charge is -2.11. The molecule has 1 N–H and O–H groups in total. The van der Waals surface area contributed by atoms with Crippen LogP contribution >= 0.6 is 0 Å². The van der Waals surface area contributed by atoms with Crippen LogP contribution in [0.5, 0.6) is 0 Å². The number of ether oxygens (including phenoxy) is 2. The molecule has 11 nitrogen and oxygen atoms in total. The number of esters is 1. The second-order valence-corrected chi connectivity index (χ2v) is 9.81. The van der Waals surface area contributed by atoms with Crippen molar-refractivity contribution < 1.29 is 19.4 Å². The number of benzene rings is 2. The minimum Gasteiger partial charge on any atom is -0.479 e. The van der Waals surface area contributed by atoms with E-state index in [0.717, 1.165) is 5.56 Å². The number of carbonyl (C=O) groups excluding carboxylic acids is 1. The Labute approximate surface area is 283 Å². The van der Waals surface area contributed by atoms with Gasteiger partial charge in [0.1, 0.15) is 5.70 Å². The molecule has 0 spiro atoms. The second kappa shape index (κ2) is 17.0. The van der Waals surface area contributed by atoms with Crippen molar-refractivity contribution in [3.8, 4) is 24.3 Å². The molecule has 1 aliphatic heterocycles. The predicted molar refractivity (Wildman–Crippen MR) is 179 cm³/mol. The summed E-state index contributed by atoms with van der Waals surface area (Å²) in [6.07, 6.45) is 10.3. The van der Waals surface area contributed by atoms with Gasteiger partial charge in [0.15, 0.2) is 0 Å². The number of aryl methyl sites for hydroxylation is 1. The Kier molecular flexibility index (Phi) is 12.4. The lowest BCUT2D eigenvalue weighted by Crippen LogP contribution is -2.10. The maximum absolute atomic E-state index is 11.8. The molecule has 1 aliphatic rings. The molecule has 1 heterocycles. The minimum absolute atomic E-state index is 0.0214. The summed E-state index contributed by atoms with van der Waals surface area (Å²) >= 11 is 0. The van der Waals surface area contributed by atoms with Crippen LogP contribution in [-0.4, -0.2) is 30.1 Å². The summed E-state index contributed by atoms with van der Waals surface area (Å²) in [7, 11) is 2.85. The van der Waals surface area contributed by atoms with E-state index in [1.165, 1.54) is 72.7 Å². The van der Waals surface area contributed by atoms with Gasteiger partial charge in [0.05, 0.1) is 61.2 Å². The summed E-state index contributed by atoms with van der Waals surface area (Å²) in [6.45, 7) is 16.7. The first kappa shape index (κ1) is 35.6. The lowest BCUT2D eigenvalue weighted by molar-refractivity contribution is 0.0600. The van der Waals surface area contributed by atoms with Crippen molar-refractivity contribution in [1.82, 2.24) is 4.90 Å². The van der Waals surface area contributed by atoms with Crippen LogP contribution in [0.1, 0.15) is 27.0 Å². The highest BCUT2D eigenvalue weighted by molar-refractivity contribution is 5.92. The minimum atomic E-state index is -0.569. The van der Waals surface area contributed by atoms with Gasteiger partial charge in [0.25, 0.3) is 11.4 Å². The number of aliphatic hydroxyl groups excluding tert-OH is 1. The largest absolute Gasteiger partial charge is 0.479 e. The molecule has 2 aromatic rings. The van der Waals surface area contributed by atoms with Crippen LogP contribution in [0.15, 0.2) is 131 Å². The molecule has 0 radical (unpaired) electrons. The summed E-state index contributed by atoms with van der Waals surface area (Å²) in [5.41, 5.74) is 2.14. The van der Waals surface area contributed by atoms with E-state index in [1.54, 1.807) is 31.3 Å². The molecule has 2 aromatic carbocycles. The number of allylic oxidation sites excluding steroid dienone is 13. The van der Waals surface area contributed by atoms with Gasteiger partial charge in [-0.2, -0.15) is 10.5 Å². The highest BCUT2D eigenvalue weighted by atomic mass is 16.6.